The molecular weight excluding hydrogens is 511 g/mol. The van der Waals surface area contributed by atoms with Gasteiger partial charge in [-0.3, -0.25) is 9.59 Å². The Morgan fingerprint density at radius 2 is 1.09 bits per heavy atom. The number of carbonyl (C=O) groups is 2. The molecule has 0 radical (unpaired) electrons. The molecule has 0 aromatic heterocycles. The number of carbonyl (C=O) groups excluding carboxylic acids is 2. The topological polar surface area (TPSA) is 78.6 Å². The van der Waals surface area contributed by atoms with Crippen LogP contribution < -0.4 is 5.73 Å². The van der Waals surface area contributed by atoms with Gasteiger partial charge < -0.3 is 14.6 Å². The lowest BCUT2D eigenvalue weighted by atomic mass is 9.94. The zero-order valence-corrected chi connectivity index (χ0v) is 26.0. The van der Waals surface area contributed by atoms with E-state index in [0.29, 0.717) is 51.3 Å². The normalized spacial score (nSPS) is 14.6. The van der Waals surface area contributed by atoms with Crippen LogP contribution in [0.1, 0.15) is 62.3 Å². The second-order valence-corrected chi connectivity index (χ2v) is 20.8. The van der Waals surface area contributed by atoms with Crippen LogP contribution in [0.15, 0.2) is 28.0 Å². The molecule has 1 aliphatic carbocycles. The Kier molecular flexibility index (Phi) is 12.3. The summed E-state index contributed by atoms with van der Waals surface area (Å²) in [5, 5.41) is 0. The van der Waals surface area contributed by atoms with Crippen molar-refractivity contribution in [2.45, 2.75) is 77.8 Å². The van der Waals surface area contributed by atoms with Gasteiger partial charge in [-0.15, -0.1) is 23.5 Å². The van der Waals surface area contributed by atoms with Crippen LogP contribution >= 0.6 is 23.5 Å². The molecule has 2 rings (SSSR count). The highest BCUT2D eigenvalue weighted by molar-refractivity contribution is 8.08. The van der Waals surface area contributed by atoms with Gasteiger partial charge in [0.2, 0.25) is 11.6 Å². The first-order valence-electron chi connectivity index (χ1n) is 13.0. The van der Waals surface area contributed by atoms with Crippen LogP contribution in [-0.4, -0.2) is 52.9 Å². The summed E-state index contributed by atoms with van der Waals surface area (Å²) in [5.74, 6) is 1.12. The van der Waals surface area contributed by atoms with E-state index in [-0.39, 0.29) is 11.6 Å². The molecule has 1 aliphatic rings. The maximum atomic E-state index is 13.5. The van der Waals surface area contributed by atoms with E-state index < -0.39 is 16.6 Å². The SMILES string of the molecule is CC[Si](CC)(CC)OCCSC1=C(SCCO[Si](CC)(CC)CC)C(=O)c2cc(N)ccc2C1=O. The van der Waals surface area contributed by atoms with Crippen molar-refractivity contribution in [3.63, 3.8) is 0 Å². The minimum Gasteiger partial charge on any atom is -0.416 e. The first-order valence-corrected chi connectivity index (χ1v) is 20.1. The second kappa shape index (κ2) is 14.2. The number of benzene rings is 1. The minimum absolute atomic E-state index is 0.0857. The lowest BCUT2D eigenvalue weighted by molar-refractivity contribution is 0.0988. The van der Waals surface area contributed by atoms with Gasteiger partial charge in [0.15, 0.2) is 16.6 Å². The smallest absolute Gasteiger partial charge is 0.201 e. The van der Waals surface area contributed by atoms with E-state index in [2.05, 4.69) is 41.5 Å². The number of nitrogens with two attached hydrogens (primary N) is 1. The molecule has 0 bridgehead atoms. The molecule has 5 nitrogen and oxygen atoms in total. The maximum absolute atomic E-state index is 13.5. The molecule has 0 spiro atoms. The lowest BCUT2D eigenvalue weighted by Crippen LogP contribution is -2.36. The summed E-state index contributed by atoms with van der Waals surface area (Å²) in [6.45, 7) is 14.5. The predicted molar refractivity (Wildman–Crippen MR) is 158 cm³/mol. The maximum Gasteiger partial charge on any atom is 0.201 e. The molecule has 1 aromatic rings. The molecule has 35 heavy (non-hydrogen) atoms. The predicted octanol–water partition coefficient (Wildman–Crippen LogP) is 7.37. The fourth-order valence-corrected chi connectivity index (χ4v) is 12.2. The highest BCUT2D eigenvalue weighted by Crippen LogP contribution is 2.39. The molecule has 0 amide bonds. The Bertz CT molecular complexity index is 898. The molecule has 0 aliphatic heterocycles. The fourth-order valence-electron chi connectivity index (χ4n) is 4.58. The fraction of sp³-hybridized carbons (Fsp3) is 0.615. The molecule has 1 aromatic carbocycles. The van der Waals surface area contributed by atoms with Crippen LogP contribution in [0.2, 0.25) is 36.3 Å². The molecule has 0 saturated carbocycles. The van der Waals surface area contributed by atoms with Gasteiger partial charge >= 0.3 is 0 Å². The monoisotopic (exact) mass is 553 g/mol. The number of nitrogen functional groups attached to an aromatic ring is 1. The van der Waals surface area contributed by atoms with Crippen LogP contribution in [0.4, 0.5) is 5.69 Å². The van der Waals surface area contributed by atoms with Crippen molar-refractivity contribution in [3.05, 3.63) is 39.1 Å². The number of allylic oxidation sites excluding steroid dienone is 2. The quantitative estimate of drug-likeness (QED) is 0.130. The van der Waals surface area contributed by atoms with Crippen LogP contribution in [-0.2, 0) is 8.85 Å². The van der Waals surface area contributed by atoms with Crippen LogP contribution in [0, 0.1) is 0 Å². The van der Waals surface area contributed by atoms with E-state index >= 15 is 0 Å². The Morgan fingerprint density at radius 1 is 0.686 bits per heavy atom. The van der Waals surface area contributed by atoms with Gasteiger partial charge in [0.1, 0.15) is 0 Å². The van der Waals surface area contributed by atoms with E-state index in [1.807, 2.05) is 0 Å². The van der Waals surface area contributed by atoms with Crippen LogP contribution in [0.25, 0.3) is 0 Å². The third-order valence-electron chi connectivity index (χ3n) is 7.49. The molecule has 0 unspecified atom stereocenters. The molecule has 0 heterocycles. The lowest BCUT2D eigenvalue weighted by Gasteiger charge is -2.28. The first kappa shape index (κ1) is 30.4. The van der Waals surface area contributed by atoms with Crippen molar-refractivity contribution >= 4 is 57.4 Å². The van der Waals surface area contributed by atoms with Crippen LogP contribution in [0.3, 0.4) is 0 Å². The highest BCUT2D eigenvalue weighted by atomic mass is 32.2. The van der Waals surface area contributed by atoms with Crippen molar-refractivity contribution in [2.75, 3.05) is 30.5 Å². The molecule has 0 fully saturated rings. The Morgan fingerprint density at radius 3 is 1.49 bits per heavy atom. The Hall–Kier alpha value is -0.846. The number of rotatable bonds is 16. The number of hydrogen-bond acceptors (Lipinski definition) is 7. The van der Waals surface area contributed by atoms with Crippen molar-refractivity contribution < 1.29 is 18.4 Å². The van der Waals surface area contributed by atoms with Gasteiger partial charge in [-0.1, -0.05) is 41.5 Å². The summed E-state index contributed by atoms with van der Waals surface area (Å²) in [5.41, 5.74) is 7.29. The summed E-state index contributed by atoms with van der Waals surface area (Å²) in [6, 6.07) is 11.6. The average molecular weight is 554 g/mol. The van der Waals surface area contributed by atoms with E-state index in [9.17, 15) is 9.59 Å². The Labute approximate surface area is 222 Å². The number of thioether (sulfide) groups is 2. The highest BCUT2D eigenvalue weighted by Gasteiger charge is 2.34. The number of ketones is 2. The average Bonchev–Trinajstić information content (AvgIpc) is 2.88. The summed E-state index contributed by atoms with van der Waals surface area (Å²) >= 11 is 2.91. The van der Waals surface area contributed by atoms with E-state index in [0.717, 1.165) is 36.3 Å². The van der Waals surface area contributed by atoms with Crippen molar-refractivity contribution in [1.82, 2.24) is 0 Å². The van der Waals surface area contributed by atoms with Gasteiger partial charge in [0.25, 0.3) is 0 Å². The number of Topliss-reactive ketones (excluding diaryl/α,β-unsaturated/α-hetero) is 2. The molecule has 0 saturated heterocycles. The molecule has 0 atom stereocenters. The zero-order chi connectivity index (χ0) is 26.1. The molecule has 196 valence electrons. The standard InChI is InChI=1S/C26H43NO4S2Si2/c1-7-34(8-2,9-3)30-15-17-32-25-23(28)21-14-13-20(27)19-22(21)24(29)26(25)33-18-16-31-35(10-4,11-5)12-6/h13-14,19H,7-12,15-18,27H2,1-6H3. The van der Waals surface area contributed by atoms with Gasteiger partial charge in [-0.25, -0.2) is 0 Å². The third kappa shape index (κ3) is 7.35. The summed E-state index contributed by atoms with van der Waals surface area (Å²) < 4.78 is 12.8. The minimum atomic E-state index is -1.69. The number of hydrogen-bond donors (Lipinski definition) is 1. The van der Waals surface area contributed by atoms with E-state index in [4.69, 9.17) is 14.6 Å². The van der Waals surface area contributed by atoms with Gasteiger partial charge in [0.05, 0.1) is 9.81 Å². The van der Waals surface area contributed by atoms with Gasteiger partial charge in [0, 0.05) is 41.5 Å². The van der Waals surface area contributed by atoms with E-state index in [1.165, 1.54) is 23.5 Å². The Balaban J connectivity index is 2.19. The van der Waals surface area contributed by atoms with Gasteiger partial charge in [-0.2, -0.15) is 0 Å². The van der Waals surface area contributed by atoms with E-state index in [1.54, 1.807) is 18.2 Å². The summed E-state index contributed by atoms with van der Waals surface area (Å²) in [4.78, 5) is 28.0. The van der Waals surface area contributed by atoms with Gasteiger partial charge in [-0.05, 0) is 54.5 Å². The van der Waals surface area contributed by atoms with Crippen molar-refractivity contribution in [1.29, 1.82) is 0 Å². The summed E-state index contributed by atoms with van der Waals surface area (Å²) in [6.07, 6.45) is 0. The molecule has 2 N–H and O–H groups in total. The molecular formula is C26H43NO4S2Si2. The molecule has 9 heteroatoms. The zero-order valence-electron chi connectivity index (χ0n) is 22.3. The second-order valence-electron chi connectivity index (χ2n) is 9.00. The van der Waals surface area contributed by atoms with Crippen molar-refractivity contribution in [3.8, 4) is 0 Å². The number of anilines is 1. The summed E-state index contributed by atoms with van der Waals surface area (Å²) in [7, 11) is -3.37. The van der Waals surface area contributed by atoms with Crippen molar-refractivity contribution in [2.24, 2.45) is 0 Å². The largest absolute Gasteiger partial charge is 0.416 e. The number of fused-ring (bicyclic) bond motifs is 1. The van der Waals surface area contributed by atoms with Crippen LogP contribution in [0.5, 0.6) is 0 Å². The first-order chi connectivity index (χ1) is 16.8. The third-order valence-corrected chi connectivity index (χ3v) is 19.1.